The second-order valence-corrected chi connectivity index (χ2v) is 12.2. The van der Waals surface area contributed by atoms with Gasteiger partial charge in [-0.05, 0) is 44.4 Å². The normalized spacial score (nSPS) is 13.8. The third-order valence-corrected chi connectivity index (χ3v) is 7.30. The van der Waals surface area contributed by atoms with Crippen molar-refractivity contribution in [1.82, 2.24) is 16.0 Å². The second kappa shape index (κ2) is 17.5. The van der Waals surface area contributed by atoms with Crippen LogP contribution in [0.15, 0.2) is 0 Å². The third-order valence-electron chi connectivity index (χ3n) is 7.30. The summed E-state index contributed by atoms with van der Waals surface area (Å²) in [6.07, 6.45) is 5.61. The Kier molecular flexibility index (Phi) is 16.6. The van der Waals surface area contributed by atoms with E-state index in [1.54, 1.807) is 0 Å². The Bertz CT molecular complexity index is 704. The highest BCUT2D eigenvalue weighted by atomic mass is 16.5. The van der Waals surface area contributed by atoms with Crippen molar-refractivity contribution in [2.24, 2.45) is 22.7 Å². The molecule has 0 saturated carbocycles. The van der Waals surface area contributed by atoms with Gasteiger partial charge in [-0.25, -0.2) is 0 Å². The van der Waals surface area contributed by atoms with Gasteiger partial charge in [0.2, 0.25) is 17.7 Å². The molecule has 2 unspecified atom stereocenters. The van der Waals surface area contributed by atoms with Crippen LogP contribution < -0.4 is 16.0 Å². The van der Waals surface area contributed by atoms with Crippen LogP contribution in [0.1, 0.15) is 107 Å². The van der Waals surface area contributed by atoms with Gasteiger partial charge in [-0.1, -0.05) is 68.2 Å². The first-order chi connectivity index (χ1) is 17.1. The van der Waals surface area contributed by atoms with Crippen LogP contribution in [-0.2, 0) is 23.9 Å². The summed E-state index contributed by atoms with van der Waals surface area (Å²) in [6.45, 7) is 19.5. The molecule has 216 valence electrons. The van der Waals surface area contributed by atoms with Crippen molar-refractivity contribution in [2.75, 3.05) is 19.7 Å². The highest BCUT2D eigenvalue weighted by Crippen LogP contribution is 2.26. The van der Waals surface area contributed by atoms with Crippen LogP contribution in [0.25, 0.3) is 0 Å². The van der Waals surface area contributed by atoms with Gasteiger partial charge in [-0.2, -0.15) is 0 Å². The van der Waals surface area contributed by atoms with E-state index in [0.29, 0.717) is 44.7 Å². The number of amides is 3. The lowest BCUT2D eigenvalue weighted by Gasteiger charge is -2.29. The van der Waals surface area contributed by atoms with Crippen LogP contribution in [0, 0.1) is 22.7 Å². The maximum atomic E-state index is 12.5. The summed E-state index contributed by atoms with van der Waals surface area (Å²) in [6, 6.07) is -0.681. The average molecular weight is 526 g/mol. The van der Waals surface area contributed by atoms with Gasteiger partial charge < -0.3 is 25.5 Å². The van der Waals surface area contributed by atoms with Crippen molar-refractivity contribution in [3.8, 4) is 0 Å². The predicted octanol–water partition coefficient (Wildman–Crippen LogP) is 4.40. The Morgan fingerprint density at radius 1 is 0.838 bits per heavy atom. The zero-order valence-electron chi connectivity index (χ0n) is 25.0. The van der Waals surface area contributed by atoms with Gasteiger partial charge in [0.1, 0.15) is 6.29 Å². The molecule has 0 aliphatic carbocycles. The first-order valence-electron chi connectivity index (χ1n) is 14.1. The lowest BCUT2D eigenvalue weighted by molar-refractivity contribution is -0.134. The van der Waals surface area contributed by atoms with Crippen LogP contribution in [-0.4, -0.2) is 55.8 Å². The minimum absolute atomic E-state index is 0.0538. The number of hydrogen-bond acceptors (Lipinski definition) is 5. The molecule has 3 N–H and O–H groups in total. The molecule has 0 aliphatic rings. The van der Waals surface area contributed by atoms with Crippen molar-refractivity contribution in [2.45, 2.75) is 119 Å². The molecular weight excluding hydrogens is 470 g/mol. The van der Waals surface area contributed by atoms with E-state index in [9.17, 15) is 19.2 Å². The molecule has 0 fully saturated rings. The number of ether oxygens (including phenoxy) is 1. The van der Waals surface area contributed by atoms with Gasteiger partial charge >= 0.3 is 0 Å². The average Bonchev–Trinajstić information content (AvgIpc) is 2.80. The van der Waals surface area contributed by atoms with E-state index in [1.165, 1.54) is 6.42 Å². The van der Waals surface area contributed by atoms with Crippen molar-refractivity contribution >= 4 is 24.0 Å². The van der Waals surface area contributed by atoms with E-state index in [1.807, 2.05) is 48.5 Å². The van der Waals surface area contributed by atoms with E-state index >= 15 is 0 Å². The van der Waals surface area contributed by atoms with Gasteiger partial charge in [-0.15, -0.1) is 0 Å². The number of nitrogens with one attached hydrogen (secondary N) is 3. The molecule has 8 heteroatoms. The van der Waals surface area contributed by atoms with Crippen LogP contribution in [0.4, 0.5) is 0 Å². The third kappa shape index (κ3) is 15.1. The van der Waals surface area contributed by atoms with Gasteiger partial charge in [0.25, 0.3) is 0 Å². The molecule has 37 heavy (non-hydrogen) atoms. The Hall–Kier alpha value is -1.96. The number of unbranched alkanes of at least 4 members (excludes halogenated alkanes) is 1. The standard InChI is InChI=1S/C29H55N3O5/c1-21(2)12-10-11-17-31-26(35)28(6,7)16-19-37-23(5)15-18-30-25(34)14-13-24(20-33)32-27(36)29(8,9)22(3)4/h20-24H,10-19H2,1-9H3,(H,30,34)(H,31,35)(H,32,36). The Morgan fingerprint density at radius 2 is 1.49 bits per heavy atom. The van der Waals surface area contributed by atoms with E-state index in [-0.39, 0.29) is 42.6 Å². The maximum Gasteiger partial charge on any atom is 0.226 e. The number of carbonyl (C=O) groups is 4. The van der Waals surface area contributed by atoms with Crippen LogP contribution in [0.5, 0.6) is 0 Å². The van der Waals surface area contributed by atoms with E-state index in [4.69, 9.17) is 4.74 Å². The van der Waals surface area contributed by atoms with Crippen LogP contribution in [0.3, 0.4) is 0 Å². The molecule has 0 aliphatic heterocycles. The molecule has 0 heterocycles. The van der Waals surface area contributed by atoms with Crippen LogP contribution in [0.2, 0.25) is 0 Å². The van der Waals surface area contributed by atoms with Gasteiger partial charge in [0.05, 0.1) is 12.1 Å². The van der Waals surface area contributed by atoms with Gasteiger partial charge in [-0.3, -0.25) is 14.4 Å². The summed E-state index contributed by atoms with van der Waals surface area (Å²) in [4.78, 5) is 48.5. The monoisotopic (exact) mass is 525 g/mol. The van der Waals surface area contributed by atoms with Gasteiger partial charge in [0.15, 0.2) is 0 Å². The van der Waals surface area contributed by atoms with Crippen LogP contribution >= 0.6 is 0 Å². The predicted molar refractivity (Wildman–Crippen MR) is 149 cm³/mol. The fraction of sp³-hybridized carbons (Fsp3) is 0.862. The first-order valence-corrected chi connectivity index (χ1v) is 14.1. The molecule has 0 aromatic rings. The molecule has 3 amide bonds. The van der Waals surface area contributed by atoms with Crippen molar-refractivity contribution in [3.05, 3.63) is 0 Å². The minimum atomic E-state index is -0.681. The molecule has 0 radical (unpaired) electrons. The quantitative estimate of drug-likeness (QED) is 0.161. The summed E-state index contributed by atoms with van der Waals surface area (Å²) in [7, 11) is 0. The van der Waals surface area contributed by atoms with Crippen molar-refractivity contribution < 1.29 is 23.9 Å². The van der Waals surface area contributed by atoms with Crippen molar-refractivity contribution in [1.29, 1.82) is 0 Å². The summed E-state index contributed by atoms with van der Waals surface area (Å²) >= 11 is 0. The highest BCUT2D eigenvalue weighted by molar-refractivity contribution is 5.85. The van der Waals surface area contributed by atoms with E-state index < -0.39 is 16.9 Å². The smallest absolute Gasteiger partial charge is 0.226 e. The van der Waals surface area contributed by atoms with E-state index in [0.717, 1.165) is 12.8 Å². The second-order valence-electron chi connectivity index (χ2n) is 12.2. The first kappa shape index (κ1) is 35.0. The molecule has 0 aromatic heterocycles. The molecule has 8 nitrogen and oxygen atoms in total. The summed E-state index contributed by atoms with van der Waals surface area (Å²) < 4.78 is 5.86. The number of carbonyl (C=O) groups excluding carboxylic acids is 4. The molecule has 0 bridgehead atoms. The molecule has 0 aromatic carbocycles. The van der Waals surface area contributed by atoms with Crippen molar-refractivity contribution in [3.63, 3.8) is 0 Å². The largest absolute Gasteiger partial charge is 0.378 e. The Morgan fingerprint density at radius 3 is 2.05 bits per heavy atom. The fourth-order valence-corrected chi connectivity index (χ4v) is 3.41. The van der Waals surface area contributed by atoms with Gasteiger partial charge in [0, 0.05) is 36.9 Å². The summed E-state index contributed by atoms with van der Waals surface area (Å²) in [5, 5.41) is 8.64. The fourth-order valence-electron chi connectivity index (χ4n) is 3.41. The number of hydrogen-bond donors (Lipinski definition) is 3. The Labute approximate surface area is 225 Å². The lowest BCUT2D eigenvalue weighted by atomic mass is 9.80. The molecule has 2 atom stereocenters. The zero-order chi connectivity index (χ0) is 28.6. The highest BCUT2D eigenvalue weighted by Gasteiger charge is 2.32. The summed E-state index contributed by atoms with van der Waals surface area (Å²) in [5.74, 6) is 0.518. The maximum absolute atomic E-state index is 12.5. The molecule has 0 saturated heterocycles. The SMILES string of the molecule is CC(C)CCCCNC(=O)C(C)(C)CCOC(C)CCNC(=O)CCC(C=O)NC(=O)C(C)(C)C(C)C. The topological polar surface area (TPSA) is 114 Å². The zero-order valence-corrected chi connectivity index (χ0v) is 25.0. The molecular formula is C29H55N3O5. The number of rotatable bonds is 20. The Balaban J connectivity index is 4.16. The van der Waals surface area contributed by atoms with E-state index in [2.05, 4.69) is 29.8 Å². The lowest BCUT2D eigenvalue weighted by Crippen LogP contribution is -2.46. The minimum Gasteiger partial charge on any atom is -0.378 e. The molecule has 0 spiro atoms. The summed E-state index contributed by atoms with van der Waals surface area (Å²) in [5.41, 5.74) is -1.09. The molecule has 0 rings (SSSR count). The number of aldehydes is 1.